The van der Waals surface area contributed by atoms with Crippen LogP contribution in [0.3, 0.4) is 0 Å². The van der Waals surface area contributed by atoms with Crippen molar-refractivity contribution in [3.05, 3.63) is 0 Å². The minimum absolute atomic E-state index is 0.175. The SMILES string of the molecule is CCCNC(CCC)(CCC)CC(=O)O. The van der Waals surface area contributed by atoms with Crippen LogP contribution < -0.4 is 5.32 Å². The van der Waals surface area contributed by atoms with Crippen molar-refractivity contribution in [2.75, 3.05) is 6.54 Å². The molecule has 0 aliphatic rings. The third kappa shape index (κ3) is 5.78. The number of hydrogen-bond acceptors (Lipinski definition) is 2. The maximum Gasteiger partial charge on any atom is 0.305 e. The van der Waals surface area contributed by atoms with Crippen molar-refractivity contribution in [2.45, 2.75) is 64.8 Å². The number of aliphatic carboxylic acids is 1. The van der Waals surface area contributed by atoms with Crippen molar-refractivity contribution in [1.82, 2.24) is 5.32 Å². The van der Waals surface area contributed by atoms with Crippen LogP contribution in [0.4, 0.5) is 0 Å². The van der Waals surface area contributed by atoms with Crippen LogP contribution in [0.25, 0.3) is 0 Å². The molecule has 0 rings (SSSR count). The fourth-order valence-corrected chi connectivity index (χ4v) is 2.18. The topological polar surface area (TPSA) is 49.3 Å². The minimum Gasteiger partial charge on any atom is -0.481 e. The van der Waals surface area contributed by atoms with Gasteiger partial charge >= 0.3 is 5.97 Å². The van der Waals surface area contributed by atoms with Crippen molar-refractivity contribution < 1.29 is 9.90 Å². The first-order valence-electron chi connectivity index (χ1n) is 6.07. The predicted octanol–water partition coefficient (Wildman–Crippen LogP) is 2.80. The van der Waals surface area contributed by atoms with Gasteiger partial charge in [0.05, 0.1) is 6.42 Å². The molecule has 90 valence electrons. The molecule has 0 saturated heterocycles. The second-order valence-electron chi connectivity index (χ2n) is 4.28. The molecular weight excluding hydrogens is 190 g/mol. The molecular formula is C12H25NO2. The molecule has 0 aromatic rings. The average Bonchev–Trinajstić information content (AvgIpc) is 2.14. The van der Waals surface area contributed by atoms with E-state index in [1.807, 2.05) is 0 Å². The molecule has 0 unspecified atom stereocenters. The Morgan fingerprint density at radius 1 is 1.13 bits per heavy atom. The molecule has 0 fully saturated rings. The van der Waals surface area contributed by atoms with E-state index in [1.54, 1.807) is 0 Å². The van der Waals surface area contributed by atoms with Crippen LogP contribution >= 0.6 is 0 Å². The molecule has 0 aliphatic carbocycles. The molecule has 0 aromatic heterocycles. The zero-order valence-electron chi connectivity index (χ0n) is 10.3. The van der Waals surface area contributed by atoms with Gasteiger partial charge in [-0.1, -0.05) is 33.6 Å². The van der Waals surface area contributed by atoms with Gasteiger partial charge in [-0.25, -0.2) is 0 Å². The smallest absolute Gasteiger partial charge is 0.305 e. The zero-order chi connectivity index (χ0) is 11.7. The number of carboxylic acid groups (broad SMARTS) is 1. The number of carbonyl (C=O) groups is 1. The quantitative estimate of drug-likeness (QED) is 0.622. The molecule has 0 aliphatic heterocycles. The molecule has 2 N–H and O–H groups in total. The van der Waals surface area contributed by atoms with E-state index in [1.165, 1.54) is 0 Å². The standard InChI is InChI=1S/C12H25NO2/c1-4-7-12(8-5-2,10-11(14)15)13-9-6-3/h13H,4-10H2,1-3H3,(H,14,15). The molecule has 0 atom stereocenters. The predicted molar refractivity (Wildman–Crippen MR) is 63.1 cm³/mol. The second kappa shape index (κ2) is 7.69. The maximum absolute atomic E-state index is 10.9. The van der Waals surface area contributed by atoms with Crippen molar-refractivity contribution in [1.29, 1.82) is 0 Å². The Kier molecular flexibility index (Phi) is 7.39. The summed E-state index contributed by atoms with van der Waals surface area (Å²) in [5, 5.41) is 12.4. The van der Waals surface area contributed by atoms with Gasteiger partial charge in [-0.05, 0) is 25.8 Å². The summed E-state index contributed by atoms with van der Waals surface area (Å²) in [5.74, 6) is -0.694. The summed E-state index contributed by atoms with van der Waals surface area (Å²) in [7, 11) is 0. The normalized spacial score (nSPS) is 11.7. The molecule has 15 heavy (non-hydrogen) atoms. The van der Waals surface area contributed by atoms with Crippen LogP contribution in [0.5, 0.6) is 0 Å². The van der Waals surface area contributed by atoms with E-state index in [0.717, 1.165) is 38.6 Å². The van der Waals surface area contributed by atoms with Gasteiger partial charge < -0.3 is 10.4 Å². The largest absolute Gasteiger partial charge is 0.481 e. The highest BCUT2D eigenvalue weighted by Gasteiger charge is 2.29. The highest BCUT2D eigenvalue weighted by Crippen LogP contribution is 2.23. The monoisotopic (exact) mass is 215 g/mol. The van der Waals surface area contributed by atoms with E-state index in [9.17, 15) is 4.79 Å². The van der Waals surface area contributed by atoms with Gasteiger partial charge in [-0.2, -0.15) is 0 Å². The highest BCUT2D eigenvalue weighted by atomic mass is 16.4. The maximum atomic E-state index is 10.9. The molecule has 0 spiro atoms. The van der Waals surface area contributed by atoms with Crippen LogP contribution in [0.1, 0.15) is 59.3 Å². The molecule has 0 heterocycles. The summed E-state index contributed by atoms with van der Waals surface area (Å²) in [6.07, 6.45) is 5.26. The molecule has 0 bridgehead atoms. The van der Waals surface area contributed by atoms with Crippen LogP contribution in [-0.4, -0.2) is 23.2 Å². The number of rotatable bonds is 9. The van der Waals surface area contributed by atoms with Gasteiger partial charge in [0.15, 0.2) is 0 Å². The number of hydrogen-bond donors (Lipinski definition) is 2. The molecule has 0 amide bonds. The van der Waals surface area contributed by atoms with Crippen LogP contribution in [0, 0.1) is 0 Å². The van der Waals surface area contributed by atoms with E-state index in [4.69, 9.17) is 5.11 Å². The van der Waals surface area contributed by atoms with Gasteiger partial charge in [0.1, 0.15) is 0 Å². The summed E-state index contributed by atoms with van der Waals surface area (Å²) in [5.41, 5.74) is -0.175. The molecule has 3 nitrogen and oxygen atoms in total. The van der Waals surface area contributed by atoms with E-state index in [-0.39, 0.29) is 12.0 Å². The summed E-state index contributed by atoms with van der Waals surface area (Å²) < 4.78 is 0. The van der Waals surface area contributed by atoms with E-state index >= 15 is 0 Å². The van der Waals surface area contributed by atoms with Crippen molar-refractivity contribution in [3.8, 4) is 0 Å². The van der Waals surface area contributed by atoms with E-state index < -0.39 is 5.97 Å². The second-order valence-corrected chi connectivity index (χ2v) is 4.28. The first-order valence-corrected chi connectivity index (χ1v) is 6.07. The lowest BCUT2D eigenvalue weighted by Gasteiger charge is -2.33. The minimum atomic E-state index is -0.694. The Hall–Kier alpha value is -0.570. The zero-order valence-corrected chi connectivity index (χ0v) is 10.3. The van der Waals surface area contributed by atoms with Crippen molar-refractivity contribution >= 4 is 5.97 Å². The van der Waals surface area contributed by atoms with Gasteiger partial charge in [-0.3, -0.25) is 4.79 Å². The van der Waals surface area contributed by atoms with E-state index in [0.29, 0.717) is 0 Å². The molecule has 0 aromatic carbocycles. The molecule has 0 radical (unpaired) electrons. The summed E-state index contributed by atoms with van der Waals surface area (Å²) in [6, 6.07) is 0. The highest BCUT2D eigenvalue weighted by molar-refractivity contribution is 5.68. The van der Waals surface area contributed by atoms with Crippen LogP contribution in [-0.2, 0) is 4.79 Å². The van der Waals surface area contributed by atoms with Gasteiger partial charge in [0.2, 0.25) is 0 Å². The van der Waals surface area contributed by atoms with E-state index in [2.05, 4.69) is 26.1 Å². The van der Waals surface area contributed by atoms with Crippen molar-refractivity contribution in [2.24, 2.45) is 0 Å². The summed E-state index contributed by atoms with van der Waals surface area (Å²) in [6.45, 7) is 7.24. The fraction of sp³-hybridized carbons (Fsp3) is 0.917. The number of nitrogens with one attached hydrogen (secondary N) is 1. The van der Waals surface area contributed by atoms with Crippen LogP contribution in [0.2, 0.25) is 0 Å². The first kappa shape index (κ1) is 14.4. The van der Waals surface area contributed by atoms with Gasteiger partial charge in [0.25, 0.3) is 0 Å². The number of carboxylic acids is 1. The Labute approximate surface area is 93.3 Å². The Bertz CT molecular complexity index is 174. The lowest BCUT2D eigenvalue weighted by Crippen LogP contribution is -2.47. The summed E-state index contributed by atoms with van der Waals surface area (Å²) in [4.78, 5) is 10.9. The van der Waals surface area contributed by atoms with Crippen LogP contribution in [0.15, 0.2) is 0 Å². The lowest BCUT2D eigenvalue weighted by molar-refractivity contribution is -0.139. The average molecular weight is 215 g/mol. The molecule has 0 saturated carbocycles. The van der Waals surface area contributed by atoms with Gasteiger partial charge in [0, 0.05) is 5.54 Å². The Balaban J connectivity index is 4.47. The Morgan fingerprint density at radius 3 is 2.00 bits per heavy atom. The fourth-order valence-electron chi connectivity index (χ4n) is 2.18. The van der Waals surface area contributed by atoms with Gasteiger partial charge in [-0.15, -0.1) is 0 Å². The van der Waals surface area contributed by atoms with Crippen molar-refractivity contribution in [3.63, 3.8) is 0 Å². The molecule has 3 heteroatoms. The Morgan fingerprint density at radius 2 is 1.67 bits per heavy atom. The third-order valence-electron chi connectivity index (χ3n) is 2.70. The lowest BCUT2D eigenvalue weighted by atomic mass is 9.85. The third-order valence-corrected chi connectivity index (χ3v) is 2.70. The summed E-state index contributed by atoms with van der Waals surface area (Å²) >= 11 is 0. The first-order chi connectivity index (χ1) is 7.10.